The van der Waals surface area contributed by atoms with Crippen LogP contribution in [0.5, 0.6) is 0 Å². The van der Waals surface area contributed by atoms with Crippen molar-refractivity contribution >= 4 is 17.5 Å². The molecular weight excluding hydrogens is 200 g/mol. The van der Waals surface area contributed by atoms with Crippen LogP contribution >= 0.6 is 11.5 Å². The summed E-state index contributed by atoms with van der Waals surface area (Å²) in [5.41, 5.74) is 5.40. The van der Waals surface area contributed by atoms with E-state index in [0.29, 0.717) is 11.0 Å². The third-order valence-electron chi connectivity index (χ3n) is 1.65. The van der Waals surface area contributed by atoms with E-state index < -0.39 is 0 Å². The van der Waals surface area contributed by atoms with Crippen LogP contribution in [-0.4, -0.2) is 24.1 Å². The van der Waals surface area contributed by atoms with Crippen LogP contribution in [0.2, 0.25) is 0 Å². The Labute approximate surface area is 85.0 Å². The molecule has 14 heavy (non-hydrogen) atoms. The predicted octanol–water partition coefficient (Wildman–Crippen LogP) is 0.824. The summed E-state index contributed by atoms with van der Waals surface area (Å²) in [6, 6.07) is 0. The molecule has 0 saturated carbocycles. The Morgan fingerprint density at radius 1 is 1.50 bits per heavy atom. The van der Waals surface area contributed by atoms with Crippen LogP contribution in [0.1, 0.15) is 25.6 Å². The first-order valence-electron chi connectivity index (χ1n) is 4.18. The van der Waals surface area contributed by atoms with Gasteiger partial charge in [0.05, 0.1) is 0 Å². The maximum Gasteiger partial charge on any atom is 0.239 e. The summed E-state index contributed by atoms with van der Waals surface area (Å²) < 4.78 is 5.73. The van der Waals surface area contributed by atoms with Gasteiger partial charge >= 0.3 is 0 Å². The van der Waals surface area contributed by atoms with Crippen LogP contribution in [0.4, 0.5) is 5.95 Å². The second-order valence-electron chi connectivity index (χ2n) is 3.14. The number of anilines is 1. The van der Waals surface area contributed by atoms with Crippen LogP contribution in [0.15, 0.2) is 6.33 Å². The molecule has 2 heterocycles. The van der Waals surface area contributed by atoms with Gasteiger partial charge in [-0.05, 0) is 0 Å². The van der Waals surface area contributed by atoms with Gasteiger partial charge in [0.25, 0.3) is 0 Å². The first-order valence-corrected chi connectivity index (χ1v) is 4.95. The van der Waals surface area contributed by atoms with Crippen LogP contribution < -0.4 is 5.73 Å². The Balaban J connectivity index is 2.33. The monoisotopic (exact) mass is 210 g/mol. The van der Waals surface area contributed by atoms with E-state index in [0.717, 1.165) is 5.82 Å². The van der Waals surface area contributed by atoms with E-state index in [9.17, 15) is 0 Å². The second-order valence-corrected chi connectivity index (χ2v) is 3.87. The van der Waals surface area contributed by atoms with Gasteiger partial charge in [-0.25, -0.2) is 9.97 Å². The van der Waals surface area contributed by atoms with Crippen molar-refractivity contribution in [3.05, 3.63) is 12.2 Å². The first-order chi connectivity index (χ1) is 6.66. The van der Waals surface area contributed by atoms with Crippen LogP contribution in [0.25, 0.3) is 5.13 Å². The average molecular weight is 210 g/mol. The molecule has 0 aliphatic rings. The van der Waals surface area contributed by atoms with Crippen molar-refractivity contribution in [2.75, 3.05) is 5.73 Å². The molecule has 0 radical (unpaired) electrons. The Kier molecular flexibility index (Phi) is 2.16. The summed E-state index contributed by atoms with van der Waals surface area (Å²) in [5, 5.41) is 4.64. The van der Waals surface area contributed by atoms with Crippen molar-refractivity contribution in [1.29, 1.82) is 0 Å². The largest absolute Gasteiger partial charge is 0.366 e. The quantitative estimate of drug-likeness (QED) is 0.793. The highest BCUT2D eigenvalue weighted by Gasteiger charge is 2.09. The maximum absolute atomic E-state index is 5.40. The van der Waals surface area contributed by atoms with E-state index >= 15 is 0 Å². The minimum atomic E-state index is 0.242. The fourth-order valence-corrected chi connectivity index (χ4v) is 1.65. The van der Waals surface area contributed by atoms with Gasteiger partial charge in [-0.15, -0.1) is 5.10 Å². The summed E-state index contributed by atoms with van der Waals surface area (Å²) in [6.45, 7) is 4.09. The van der Waals surface area contributed by atoms with Crippen LogP contribution in [0.3, 0.4) is 0 Å². The van der Waals surface area contributed by atoms with Crippen LogP contribution in [0, 0.1) is 0 Å². The fraction of sp³-hybridized carbons (Fsp3) is 0.429. The zero-order valence-electron chi connectivity index (χ0n) is 7.88. The third-order valence-corrected chi connectivity index (χ3v) is 2.37. The van der Waals surface area contributed by atoms with Gasteiger partial charge in [-0.2, -0.15) is 9.06 Å². The first kappa shape index (κ1) is 9.07. The molecule has 0 aliphatic carbocycles. The lowest BCUT2D eigenvalue weighted by atomic mass is 10.2. The summed E-state index contributed by atoms with van der Waals surface area (Å²) in [4.78, 5) is 8.12. The van der Waals surface area contributed by atoms with Crippen molar-refractivity contribution in [1.82, 2.24) is 24.1 Å². The van der Waals surface area contributed by atoms with Crippen molar-refractivity contribution in [3.63, 3.8) is 0 Å². The fourth-order valence-electron chi connectivity index (χ4n) is 0.922. The molecule has 0 bridgehead atoms. The summed E-state index contributed by atoms with van der Waals surface area (Å²) in [5.74, 6) is 1.38. The molecule has 7 heteroatoms. The SMILES string of the molecule is CC(C)c1nsc(-n2cnc(N)n2)n1. The molecule has 2 aromatic heterocycles. The molecular formula is C7H10N6S. The molecule has 2 aromatic rings. The smallest absolute Gasteiger partial charge is 0.239 e. The van der Waals surface area contributed by atoms with E-state index in [2.05, 4.69) is 19.4 Å². The summed E-state index contributed by atoms with van der Waals surface area (Å²) in [6.07, 6.45) is 1.53. The minimum Gasteiger partial charge on any atom is -0.366 e. The van der Waals surface area contributed by atoms with E-state index in [1.807, 2.05) is 13.8 Å². The Morgan fingerprint density at radius 2 is 2.29 bits per heavy atom. The van der Waals surface area contributed by atoms with Crippen molar-refractivity contribution in [2.45, 2.75) is 19.8 Å². The van der Waals surface area contributed by atoms with Gasteiger partial charge in [0.15, 0.2) is 0 Å². The number of hydrogen-bond donors (Lipinski definition) is 1. The number of aromatic nitrogens is 5. The van der Waals surface area contributed by atoms with Gasteiger partial charge in [0.1, 0.15) is 12.2 Å². The van der Waals surface area contributed by atoms with Gasteiger partial charge in [0.2, 0.25) is 11.1 Å². The Morgan fingerprint density at radius 3 is 2.79 bits per heavy atom. The standard InChI is InChI=1S/C7H10N6S/c1-4(2)5-10-7(14-12-5)13-3-9-6(8)11-13/h3-4H,1-2H3,(H2,8,11). The number of rotatable bonds is 2. The minimum absolute atomic E-state index is 0.242. The molecule has 74 valence electrons. The van der Waals surface area contributed by atoms with E-state index in [1.54, 1.807) is 0 Å². The van der Waals surface area contributed by atoms with Crippen LogP contribution in [-0.2, 0) is 0 Å². The number of hydrogen-bond acceptors (Lipinski definition) is 6. The average Bonchev–Trinajstić information content (AvgIpc) is 2.70. The zero-order chi connectivity index (χ0) is 10.1. The molecule has 0 saturated heterocycles. The number of nitrogens with zero attached hydrogens (tertiary/aromatic N) is 5. The van der Waals surface area contributed by atoms with Crippen molar-refractivity contribution in [3.8, 4) is 5.13 Å². The zero-order valence-corrected chi connectivity index (χ0v) is 8.69. The molecule has 0 aliphatic heterocycles. The lowest BCUT2D eigenvalue weighted by molar-refractivity contribution is 0.781. The lowest BCUT2D eigenvalue weighted by Gasteiger charge is -1.94. The molecule has 0 unspecified atom stereocenters. The topological polar surface area (TPSA) is 82.5 Å². The highest BCUT2D eigenvalue weighted by molar-refractivity contribution is 7.08. The molecule has 2 rings (SSSR count). The van der Waals surface area contributed by atoms with Gasteiger partial charge in [0, 0.05) is 17.5 Å². The normalized spacial score (nSPS) is 11.1. The van der Waals surface area contributed by atoms with Gasteiger partial charge in [-0.1, -0.05) is 13.8 Å². The number of nitrogen functional groups attached to an aromatic ring is 1. The maximum atomic E-state index is 5.40. The molecule has 2 N–H and O–H groups in total. The second kappa shape index (κ2) is 3.33. The third kappa shape index (κ3) is 1.58. The number of nitrogens with two attached hydrogens (primary N) is 1. The van der Waals surface area contributed by atoms with E-state index in [-0.39, 0.29) is 5.95 Å². The van der Waals surface area contributed by atoms with E-state index in [4.69, 9.17) is 5.73 Å². The summed E-state index contributed by atoms with van der Waals surface area (Å²) >= 11 is 1.29. The molecule has 0 atom stereocenters. The molecule has 0 spiro atoms. The van der Waals surface area contributed by atoms with E-state index in [1.165, 1.54) is 22.5 Å². The van der Waals surface area contributed by atoms with Crippen molar-refractivity contribution in [2.24, 2.45) is 0 Å². The summed E-state index contributed by atoms with van der Waals surface area (Å²) in [7, 11) is 0. The van der Waals surface area contributed by atoms with Crippen molar-refractivity contribution < 1.29 is 0 Å². The predicted molar refractivity (Wildman–Crippen MR) is 53.3 cm³/mol. The van der Waals surface area contributed by atoms with Gasteiger partial charge < -0.3 is 5.73 Å². The van der Waals surface area contributed by atoms with Gasteiger partial charge in [-0.3, -0.25) is 0 Å². The Bertz CT molecular complexity index is 431. The Hall–Kier alpha value is -1.50. The highest BCUT2D eigenvalue weighted by atomic mass is 32.1. The molecule has 0 fully saturated rings. The lowest BCUT2D eigenvalue weighted by Crippen LogP contribution is -1.97. The highest BCUT2D eigenvalue weighted by Crippen LogP contribution is 2.15. The molecule has 0 amide bonds. The molecule has 0 aromatic carbocycles. The molecule has 6 nitrogen and oxygen atoms in total.